The Kier molecular flexibility index (Phi) is 3.73. The maximum Gasteiger partial charge on any atom is 0.574 e. The van der Waals surface area contributed by atoms with E-state index in [9.17, 15) is 22.4 Å². The van der Waals surface area contributed by atoms with E-state index >= 15 is 0 Å². The highest BCUT2D eigenvalue weighted by Gasteiger charge is 2.32. The lowest BCUT2D eigenvalue weighted by Crippen LogP contribution is -2.22. The molecule has 1 heterocycles. The van der Waals surface area contributed by atoms with E-state index in [1.54, 1.807) is 11.1 Å². The van der Waals surface area contributed by atoms with E-state index in [-0.39, 0.29) is 17.5 Å². The number of nitrogens with one attached hydrogen (secondary N) is 1. The van der Waals surface area contributed by atoms with Crippen molar-refractivity contribution in [3.8, 4) is 11.9 Å². The number of alkyl halides is 4. The van der Waals surface area contributed by atoms with Crippen LogP contribution in [0.5, 0.6) is 5.88 Å². The van der Waals surface area contributed by atoms with Crippen LogP contribution in [0.2, 0.25) is 0 Å². The molecule has 0 aliphatic carbocycles. The summed E-state index contributed by atoms with van der Waals surface area (Å²) in [5.41, 5.74) is -1.47. The summed E-state index contributed by atoms with van der Waals surface area (Å²) in [6.45, 7) is -1.16. The number of pyridine rings is 1. The van der Waals surface area contributed by atoms with Crippen molar-refractivity contribution in [1.29, 1.82) is 5.26 Å². The third-order valence-corrected chi connectivity index (χ3v) is 1.83. The average molecular weight is 250 g/mol. The minimum absolute atomic E-state index is 0.204. The zero-order valence-electron chi connectivity index (χ0n) is 8.27. The molecule has 8 heteroatoms. The number of nitriles is 1. The number of rotatable bonds is 3. The number of hydrogen-bond acceptors (Lipinski definition) is 3. The van der Waals surface area contributed by atoms with Crippen molar-refractivity contribution in [2.75, 3.05) is 0 Å². The molecule has 0 aliphatic rings. The number of aromatic nitrogens is 1. The maximum absolute atomic E-state index is 12.5. The lowest BCUT2D eigenvalue weighted by molar-refractivity contribution is -0.276. The highest BCUT2D eigenvalue weighted by atomic mass is 19.4. The van der Waals surface area contributed by atoms with E-state index < -0.39 is 24.5 Å². The highest BCUT2D eigenvalue weighted by Crippen LogP contribution is 2.21. The topological polar surface area (TPSA) is 65.9 Å². The predicted octanol–water partition coefficient (Wildman–Crippen LogP) is 1.81. The first-order valence-corrected chi connectivity index (χ1v) is 4.31. The van der Waals surface area contributed by atoms with Gasteiger partial charge in [-0.3, -0.25) is 9.78 Å². The molecule has 1 N–H and O–H groups in total. The number of hydrogen-bond donors (Lipinski definition) is 1. The van der Waals surface area contributed by atoms with Crippen molar-refractivity contribution in [3.63, 3.8) is 0 Å². The Morgan fingerprint density at radius 3 is 2.59 bits per heavy atom. The van der Waals surface area contributed by atoms with Crippen LogP contribution in [-0.4, -0.2) is 11.3 Å². The third-order valence-electron chi connectivity index (χ3n) is 1.83. The van der Waals surface area contributed by atoms with Gasteiger partial charge in [-0.1, -0.05) is 0 Å². The summed E-state index contributed by atoms with van der Waals surface area (Å²) in [6, 6.07) is 2.33. The molecule has 0 aromatic carbocycles. The molecule has 0 aliphatic heterocycles. The average Bonchev–Trinajstić information content (AvgIpc) is 2.19. The molecule has 1 aromatic rings. The van der Waals surface area contributed by atoms with E-state index in [4.69, 9.17) is 5.26 Å². The Morgan fingerprint density at radius 1 is 1.47 bits per heavy atom. The molecule has 0 saturated heterocycles. The van der Waals surface area contributed by atoms with Crippen molar-refractivity contribution in [3.05, 3.63) is 27.5 Å². The summed E-state index contributed by atoms with van der Waals surface area (Å²) in [6.07, 6.45) is -5.37. The molecule has 0 fully saturated rings. The summed E-state index contributed by atoms with van der Waals surface area (Å²) in [5.74, 6) is -0.906. The predicted molar refractivity (Wildman–Crippen MR) is 47.9 cm³/mol. The second-order valence-corrected chi connectivity index (χ2v) is 2.98. The van der Waals surface area contributed by atoms with Crippen LogP contribution in [-0.2, 0) is 13.1 Å². The Balaban J connectivity index is 3.19. The Bertz CT molecular complexity index is 501. The van der Waals surface area contributed by atoms with Gasteiger partial charge in [-0.2, -0.15) is 5.26 Å². The van der Waals surface area contributed by atoms with Crippen LogP contribution >= 0.6 is 0 Å². The fourth-order valence-electron chi connectivity index (χ4n) is 1.19. The largest absolute Gasteiger partial charge is 0.574 e. The van der Waals surface area contributed by atoms with Gasteiger partial charge < -0.3 is 4.74 Å². The summed E-state index contributed by atoms with van der Waals surface area (Å²) >= 11 is 0. The molecule has 0 bridgehead atoms. The van der Waals surface area contributed by atoms with Crippen molar-refractivity contribution in [2.45, 2.75) is 19.5 Å². The number of halogens is 4. The highest BCUT2D eigenvalue weighted by molar-refractivity contribution is 5.31. The molecule has 17 heavy (non-hydrogen) atoms. The van der Waals surface area contributed by atoms with Crippen LogP contribution in [0.4, 0.5) is 17.6 Å². The van der Waals surface area contributed by atoms with E-state index in [1.807, 2.05) is 0 Å². The monoisotopic (exact) mass is 250 g/mol. The van der Waals surface area contributed by atoms with Crippen molar-refractivity contribution < 1.29 is 22.3 Å². The molecular weight excluding hydrogens is 244 g/mol. The zero-order chi connectivity index (χ0) is 13.1. The van der Waals surface area contributed by atoms with E-state index in [0.717, 1.165) is 0 Å². The molecule has 0 saturated carbocycles. The summed E-state index contributed by atoms with van der Waals surface area (Å²) in [5, 5.41) is 8.38. The zero-order valence-corrected chi connectivity index (χ0v) is 8.27. The van der Waals surface area contributed by atoms with Crippen LogP contribution in [0.3, 0.4) is 0 Å². The Morgan fingerprint density at radius 2 is 2.12 bits per heavy atom. The lowest BCUT2D eigenvalue weighted by Gasteiger charge is -2.10. The second-order valence-electron chi connectivity index (χ2n) is 2.98. The molecule has 0 atom stereocenters. The molecular formula is C9H6F4N2O2. The summed E-state index contributed by atoms with van der Waals surface area (Å²) in [7, 11) is 0. The standard InChI is InChI=1S/C9H6F4N2O2/c10-4-5-3-7(17-9(11,12)13)15-8(16)6(5)1-2-14/h3H,1,4H2,(H,15,16). The van der Waals surface area contributed by atoms with Crippen LogP contribution < -0.4 is 10.3 Å². The first kappa shape index (κ1) is 13.0. The molecule has 4 nitrogen and oxygen atoms in total. The molecule has 0 unspecified atom stereocenters. The third kappa shape index (κ3) is 3.48. The van der Waals surface area contributed by atoms with E-state index in [1.165, 1.54) is 0 Å². The van der Waals surface area contributed by atoms with Crippen LogP contribution in [0, 0.1) is 11.3 Å². The number of ether oxygens (including phenoxy) is 1. The summed E-state index contributed by atoms with van der Waals surface area (Å²) < 4.78 is 51.6. The molecule has 92 valence electrons. The molecule has 0 spiro atoms. The summed E-state index contributed by atoms with van der Waals surface area (Å²) in [4.78, 5) is 13.1. The normalized spacial score (nSPS) is 11.0. The van der Waals surface area contributed by atoms with Crippen LogP contribution in [0.25, 0.3) is 0 Å². The lowest BCUT2D eigenvalue weighted by atomic mass is 10.1. The van der Waals surface area contributed by atoms with E-state index in [0.29, 0.717) is 6.07 Å². The molecule has 0 amide bonds. The fraction of sp³-hybridized carbons (Fsp3) is 0.333. The number of H-pyrrole nitrogens is 1. The maximum atomic E-state index is 12.5. The van der Waals surface area contributed by atoms with Gasteiger partial charge in [-0.25, -0.2) is 4.39 Å². The van der Waals surface area contributed by atoms with Crippen LogP contribution in [0.1, 0.15) is 11.1 Å². The van der Waals surface area contributed by atoms with Crippen LogP contribution in [0.15, 0.2) is 10.9 Å². The van der Waals surface area contributed by atoms with Gasteiger partial charge in [0.15, 0.2) is 0 Å². The SMILES string of the molecule is N#CCc1c(CF)cc(OC(F)(F)F)[nH]c1=O. The van der Waals surface area contributed by atoms with Gasteiger partial charge in [-0.05, 0) is 5.56 Å². The van der Waals surface area contributed by atoms with Gasteiger partial charge in [0.1, 0.15) is 6.67 Å². The Labute approximate surface area is 92.4 Å². The number of aromatic amines is 1. The van der Waals surface area contributed by atoms with Crippen molar-refractivity contribution in [2.24, 2.45) is 0 Å². The molecule has 0 radical (unpaired) electrons. The van der Waals surface area contributed by atoms with Gasteiger partial charge in [0.2, 0.25) is 5.88 Å². The minimum Gasteiger partial charge on any atom is -0.390 e. The van der Waals surface area contributed by atoms with E-state index in [2.05, 4.69) is 4.74 Å². The van der Waals surface area contributed by atoms with Gasteiger partial charge in [0.05, 0.1) is 12.5 Å². The first-order chi connectivity index (χ1) is 7.87. The minimum atomic E-state index is -4.98. The fourth-order valence-corrected chi connectivity index (χ4v) is 1.19. The van der Waals surface area contributed by atoms with Gasteiger partial charge in [0, 0.05) is 11.6 Å². The van der Waals surface area contributed by atoms with Gasteiger partial charge in [0.25, 0.3) is 5.56 Å². The van der Waals surface area contributed by atoms with Gasteiger partial charge in [-0.15, -0.1) is 13.2 Å². The second kappa shape index (κ2) is 4.86. The molecule has 1 rings (SSSR count). The first-order valence-electron chi connectivity index (χ1n) is 4.31. The smallest absolute Gasteiger partial charge is 0.390 e. The van der Waals surface area contributed by atoms with Crippen molar-refractivity contribution >= 4 is 0 Å². The van der Waals surface area contributed by atoms with Gasteiger partial charge >= 0.3 is 6.36 Å². The quantitative estimate of drug-likeness (QED) is 0.832. The number of nitrogens with zero attached hydrogens (tertiary/aromatic N) is 1. The van der Waals surface area contributed by atoms with Crippen molar-refractivity contribution in [1.82, 2.24) is 4.98 Å². The molecule has 1 aromatic heterocycles. The Hall–Kier alpha value is -2.04.